The van der Waals surface area contributed by atoms with E-state index in [1.54, 1.807) is 18.2 Å². The van der Waals surface area contributed by atoms with Crippen LogP contribution >= 0.6 is 11.6 Å². The molecule has 2 atom stereocenters. The van der Waals surface area contributed by atoms with Gasteiger partial charge in [-0.15, -0.1) is 0 Å². The van der Waals surface area contributed by atoms with Gasteiger partial charge in [-0.05, 0) is 29.7 Å². The van der Waals surface area contributed by atoms with Gasteiger partial charge in [0, 0.05) is 10.6 Å². The highest BCUT2D eigenvalue weighted by Crippen LogP contribution is 2.49. The van der Waals surface area contributed by atoms with E-state index in [0.29, 0.717) is 10.8 Å². The third-order valence-corrected chi connectivity index (χ3v) is 4.32. The number of carbonyl (C=O) groups is 1. The fourth-order valence-corrected chi connectivity index (χ4v) is 3.23. The molecule has 0 radical (unpaired) electrons. The van der Waals surface area contributed by atoms with Crippen LogP contribution in [-0.2, 0) is 15.1 Å². The summed E-state index contributed by atoms with van der Waals surface area (Å²) in [5.74, 6) is -0.718. The molecule has 0 bridgehead atoms. The van der Waals surface area contributed by atoms with Crippen molar-refractivity contribution < 1.29 is 19.4 Å². The van der Waals surface area contributed by atoms with Gasteiger partial charge in [0.15, 0.2) is 0 Å². The summed E-state index contributed by atoms with van der Waals surface area (Å²) in [6.45, 7) is 3.98. The van der Waals surface area contributed by atoms with Crippen molar-refractivity contribution >= 4 is 17.6 Å². The van der Waals surface area contributed by atoms with Crippen molar-refractivity contribution in [1.82, 2.24) is 0 Å². The lowest BCUT2D eigenvalue weighted by molar-refractivity contribution is -0.213. The number of carboxylic acid groups (broad SMARTS) is 1. The maximum absolute atomic E-state index is 11.5. The lowest BCUT2D eigenvalue weighted by atomic mass is 9.76. The van der Waals surface area contributed by atoms with Gasteiger partial charge in [0.2, 0.25) is 0 Å². The molecule has 23 heavy (non-hydrogen) atoms. The summed E-state index contributed by atoms with van der Waals surface area (Å²) in [6.07, 6.45) is -1.37. The minimum absolute atomic E-state index is 0.0344. The molecule has 1 heterocycles. The Hall–Kier alpha value is -2.04. The van der Waals surface area contributed by atoms with Gasteiger partial charge in [-0.25, -0.2) is 4.79 Å². The summed E-state index contributed by atoms with van der Waals surface area (Å²) in [6, 6.07) is 14.7. The Bertz CT molecular complexity index is 729. The molecule has 120 valence electrons. The monoisotopic (exact) mass is 332 g/mol. The minimum Gasteiger partial charge on any atom is -0.477 e. The Morgan fingerprint density at radius 1 is 1.22 bits per heavy atom. The van der Waals surface area contributed by atoms with Gasteiger partial charge in [-0.2, -0.15) is 0 Å². The van der Waals surface area contributed by atoms with Crippen LogP contribution in [0.4, 0.5) is 0 Å². The van der Waals surface area contributed by atoms with Gasteiger partial charge in [0.25, 0.3) is 6.29 Å². The molecule has 4 nitrogen and oxygen atoms in total. The largest absolute Gasteiger partial charge is 0.477 e. The molecule has 2 aromatic rings. The molecule has 0 fully saturated rings. The molecular weight excluding hydrogens is 316 g/mol. The predicted molar refractivity (Wildman–Crippen MR) is 86.6 cm³/mol. The number of hydrogen-bond donors (Lipinski definition) is 1. The molecule has 0 aliphatic carbocycles. The second-order valence-electron chi connectivity index (χ2n) is 5.80. The number of ether oxygens (including phenoxy) is 2. The molecule has 0 saturated carbocycles. The summed E-state index contributed by atoms with van der Waals surface area (Å²) < 4.78 is 11.5. The number of hydrogen-bond acceptors (Lipinski definition) is 3. The smallest absolute Gasteiger partial charge is 0.373 e. The van der Waals surface area contributed by atoms with Crippen LogP contribution in [0.3, 0.4) is 0 Å². The van der Waals surface area contributed by atoms with Gasteiger partial charge < -0.3 is 14.6 Å². The minimum atomic E-state index is -1.37. The zero-order chi connectivity index (χ0) is 16.6. The van der Waals surface area contributed by atoms with Crippen molar-refractivity contribution in [3.63, 3.8) is 0 Å². The van der Waals surface area contributed by atoms with E-state index in [1.165, 1.54) is 0 Å². The Balaban J connectivity index is 2.29. The van der Waals surface area contributed by atoms with Gasteiger partial charge in [-0.3, -0.25) is 0 Å². The molecule has 1 aliphatic heterocycles. The van der Waals surface area contributed by atoms with E-state index in [0.717, 1.165) is 11.1 Å². The molecule has 0 spiro atoms. The van der Waals surface area contributed by atoms with Crippen LogP contribution in [0.1, 0.15) is 25.0 Å². The van der Waals surface area contributed by atoms with Crippen molar-refractivity contribution in [2.45, 2.75) is 25.7 Å². The van der Waals surface area contributed by atoms with Gasteiger partial charge in [0.1, 0.15) is 11.4 Å². The molecule has 2 aromatic carbocycles. The summed E-state index contributed by atoms with van der Waals surface area (Å²) in [4.78, 5) is 11.5. The SMILES string of the molecule is CC(C)C1(c2ccccc2)OC(C(=O)O)Oc2ccc(Cl)cc21. The zero-order valence-electron chi connectivity index (χ0n) is 12.8. The lowest BCUT2D eigenvalue weighted by Gasteiger charge is -2.44. The molecule has 5 heteroatoms. The van der Waals surface area contributed by atoms with Crippen LogP contribution < -0.4 is 4.74 Å². The van der Waals surface area contributed by atoms with E-state index in [4.69, 9.17) is 21.1 Å². The van der Waals surface area contributed by atoms with E-state index < -0.39 is 17.9 Å². The highest BCUT2D eigenvalue weighted by molar-refractivity contribution is 6.30. The predicted octanol–water partition coefficient (Wildman–Crippen LogP) is 4.06. The first-order chi connectivity index (χ1) is 10.9. The first kappa shape index (κ1) is 15.8. The average molecular weight is 333 g/mol. The van der Waals surface area contributed by atoms with Crippen molar-refractivity contribution in [1.29, 1.82) is 0 Å². The first-order valence-electron chi connectivity index (χ1n) is 7.38. The third-order valence-electron chi connectivity index (χ3n) is 4.09. The molecule has 3 rings (SSSR count). The van der Waals surface area contributed by atoms with E-state index >= 15 is 0 Å². The van der Waals surface area contributed by atoms with E-state index in [-0.39, 0.29) is 5.92 Å². The molecule has 0 aromatic heterocycles. The summed E-state index contributed by atoms with van der Waals surface area (Å²) in [5.41, 5.74) is 0.666. The van der Waals surface area contributed by atoms with E-state index in [1.807, 2.05) is 44.2 Å². The number of halogens is 1. The average Bonchev–Trinajstić information content (AvgIpc) is 2.54. The van der Waals surface area contributed by atoms with Gasteiger partial charge in [0.05, 0.1) is 0 Å². The lowest BCUT2D eigenvalue weighted by Crippen LogP contribution is -2.48. The highest BCUT2D eigenvalue weighted by atomic mass is 35.5. The Morgan fingerprint density at radius 3 is 2.52 bits per heavy atom. The topological polar surface area (TPSA) is 55.8 Å². The first-order valence-corrected chi connectivity index (χ1v) is 7.76. The number of carboxylic acids is 1. The van der Waals surface area contributed by atoms with E-state index in [9.17, 15) is 9.90 Å². The molecule has 2 unspecified atom stereocenters. The zero-order valence-corrected chi connectivity index (χ0v) is 13.6. The Kier molecular flexibility index (Phi) is 4.04. The number of rotatable bonds is 3. The summed E-state index contributed by atoms with van der Waals surface area (Å²) in [7, 11) is 0. The van der Waals surface area contributed by atoms with Crippen molar-refractivity contribution in [3.05, 3.63) is 64.7 Å². The fourth-order valence-electron chi connectivity index (χ4n) is 3.06. The summed E-state index contributed by atoms with van der Waals surface area (Å²) >= 11 is 6.17. The second kappa shape index (κ2) is 5.87. The summed E-state index contributed by atoms with van der Waals surface area (Å²) in [5, 5.41) is 9.95. The van der Waals surface area contributed by atoms with Crippen LogP contribution in [0.15, 0.2) is 48.5 Å². The Morgan fingerprint density at radius 2 is 1.91 bits per heavy atom. The third kappa shape index (κ3) is 2.58. The molecule has 0 saturated heterocycles. The van der Waals surface area contributed by atoms with Crippen LogP contribution in [0.25, 0.3) is 0 Å². The molecular formula is C18H17ClO4. The van der Waals surface area contributed by atoms with Crippen molar-refractivity contribution in [2.24, 2.45) is 5.92 Å². The quantitative estimate of drug-likeness (QED) is 0.921. The normalized spacial score (nSPS) is 23.2. The standard InChI is InChI=1S/C18H17ClO4/c1-11(2)18(12-6-4-3-5-7-12)14-10-13(19)8-9-15(14)22-17(23-18)16(20)21/h3-11,17H,1-2H3,(H,20,21). The van der Waals surface area contributed by atoms with Crippen LogP contribution in [0, 0.1) is 5.92 Å². The van der Waals surface area contributed by atoms with Crippen LogP contribution in [0.2, 0.25) is 5.02 Å². The number of fused-ring (bicyclic) bond motifs is 1. The van der Waals surface area contributed by atoms with Gasteiger partial charge in [-0.1, -0.05) is 55.8 Å². The molecule has 0 amide bonds. The highest BCUT2D eigenvalue weighted by Gasteiger charge is 2.48. The second-order valence-corrected chi connectivity index (χ2v) is 6.24. The number of aliphatic carboxylic acids is 1. The van der Waals surface area contributed by atoms with Crippen LogP contribution in [-0.4, -0.2) is 17.4 Å². The van der Waals surface area contributed by atoms with Crippen molar-refractivity contribution in [3.8, 4) is 5.75 Å². The van der Waals surface area contributed by atoms with Crippen molar-refractivity contribution in [2.75, 3.05) is 0 Å². The van der Waals surface area contributed by atoms with Crippen LogP contribution in [0.5, 0.6) is 5.75 Å². The van der Waals surface area contributed by atoms with E-state index in [2.05, 4.69) is 0 Å². The Labute approximate surface area is 139 Å². The molecule has 1 N–H and O–H groups in total. The number of benzene rings is 2. The fraction of sp³-hybridized carbons (Fsp3) is 0.278. The maximum atomic E-state index is 11.5. The molecule has 1 aliphatic rings. The van der Waals surface area contributed by atoms with Gasteiger partial charge >= 0.3 is 5.97 Å². The maximum Gasteiger partial charge on any atom is 0.373 e.